The molecule has 1 aliphatic rings. The van der Waals surface area contributed by atoms with Crippen LogP contribution in [0.25, 0.3) is 21.8 Å². The first kappa shape index (κ1) is 15.8. The smallest absolute Gasteiger partial charge is 0.305 e. The molecule has 0 spiro atoms. The van der Waals surface area contributed by atoms with E-state index in [1.807, 2.05) is 53.4 Å². The van der Waals surface area contributed by atoms with E-state index in [1.165, 1.54) is 5.56 Å². The van der Waals surface area contributed by atoms with Gasteiger partial charge in [-0.05, 0) is 49.2 Å². The van der Waals surface area contributed by atoms with Gasteiger partial charge in [0.15, 0.2) is 0 Å². The molecule has 0 aliphatic carbocycles. The summed E-state index contributed by atoms with van der Waals surface area (Å²) in [5.74, 6) is 0. The lowest BCUT2D eigenvalue weighted by atomic mass is 10.1. The van der Waals surface area contributed by atoms with Crippen LogP contribution in [0, 0.1) is 0 Å². The normalized spacial score (nSPS) is 15.9. The zero-order valence-electron chi connectivity index (χ0n) is 14.9. The predicted octanol–water partition coefficient (Wildman–Crippen LogP) is 4.77. The molecule has 5 rings (SSSR count). The van der Waals surface area contributed by atoms with Crippen LogP contribution in [0.1, 0.15) is 12.5 Å². The summed E-state index contributed by atoms with van der Waals surface area (Å²) >= 11 is 0. The van der Waals surface area contributed by atoms with E-state index in [0.29, 0.717) is 5.69 Å². The molecule has 5 heteroatoms. The number of amides is 2. The van der Waals surface area contributed by atoms with E-state index in [9.17, 15) is 4.79 Å². The zero-order valence-corrected chi connectivity index (χ0v) is 14.9. The second-order valence-corrected chi connectivity index (χ2v) is 6.88. The van der Waals surface area contributed by atoms with E-state index < -0.39 is 0 Å². The van der Waals surface area contributed by atoms with E-state index in [0.717, 1.165) is 33.9 Å². The van der Waals surface area contributed by atoms with E-state index in [4.69, 9.17) is 0 Å². The number of rotatable bonds is 1. The molecule has 3 heterocycles. The average Bonchev–Trinajstić information content (AvgIpc) is 3.04. The van der Waals surface area contributed by atoms with Gasteiger partial charge in [0.25, 0.3) is 0 Å². The van der Waals surface area contributed by atoms with Crippen LogP contribution in [-0.4, -0.2) is 22.0 Å². The number of hydrogen-bond donors (Lipinski definition) is 1. The Bertz CT molecular complexity index is 1190. The number of urea groups is 1. The first-order valence-corrected chi connectivity index (χ1v) is 9.03. The topological polar surface area (TPSA) is 58.1 Å². The van der Waals surface area contributed by atoms with Crippen molar-refractivity contribution in [2.24, 2.45) is 0 Å². The molecule has 5 nitrogen and oxygen atoms in total. The summed E-state index contributed by atoms with van der Waals surface area (Å²) in [7, 11) is 0. The molecule has 0 bridgehead atoms. The molecule has 0 unspecified atom stereocenters. The lowest BCUT2D eigenvalue weighted by molar-refractivity contribution is 0.256. The molecule has 2 aromatic heterocycles. The molecular weight excluding hydrogens is 336 g/mol. The third kappa shape index (κ3) is 2.51. The molecule has 4 aromatic rings. The highest BCUT2D eigenvalue weighted by atomic mass is 16.2. The van der Waals surface area contributed by atoms with Gasteiger partial charge in [-0.2, -0.15) is 0 Å². The third-order valence-electron chi connectivity index (χ3n) is 5.12. The zero-order chi connectivity index (χ0) is 18.4. The number of hydrogen-bond acceptors (Lipinski definition) is 3. The minimum Gasteiger partial charge on any atom is -0.305 e. The van der Waals surface area contributed by atoms with Crippen molar-refractivity contribution in [1.29, 1.82) is 0 Å². The largest absolute Gasteiger partial charge is 0.326 e. The van der Waals surface area contributed by atoms with Crippen LogP contribution < -0.4 is 10.2 Å². The van der Waals surface area contributed by atoms with E-state index in [1.54, 1.807) is 12.4 Å². The minimum atomic E-state index is -0.136. The molecule has 1 N–H and O–H groups in total. The number of carbonyl (C=O) groups excluding carboxylic acids is 1. The number of pyridine rings is 2. The maximum atomic E-state index is 13.1. The highest BCUT2D eigenvalue weighted by Gasteiger charge is 2.31. The van der Waals surface area contributed by atoms with Crippen LogP contribution in [0.4, 0.5) is 16.2 Å². The van der Waals surface area contributed by atoms with Crippen LogP contribution in [0.15, 0.2) is 67.0 Å². The maximum Gasteiger partial charge on any atom is 0.326 e. The van der Waals surface area contributed by atoms with Gasteiger partial charge in [0.2, 0.25) is 0 Å². The number of benzene rings is 2. The van der Waals surface area contributed by atoms with Crippen LogP contribution in [0.3, 0.4) is 0 Å². The Morgan fingerprint density at radius 2 is 1.81 bits per heavy atom. The number of fused-ring (bicyclic) bond motifs is 4. The van der Waals surface area contributed by atoms with Crippen LogP contribution in [-0.2, 0) is 6.42 Å². The summed E-state index contributed by atoms with van der Waals surface area (Å²) in [6, 6.07) is 17.8. The van der Waals surface area contributed by atoms with Gasteiger partial charge in [-0.3, -0.25) is 14.9 Å². The van der Waals surface area contributed by atoms with Crippen LogP contribution >= 0.6 is 0 Å². The van der Waals surface area contributed by atoms with Gasteiger partial charge < -0.3 is 5.32 Å². The van der Waals surface area contributed by atoms with Gasteiger partial charge in [0.1, 0.15) is 0 Å². The standard InChI is InChI=1S/C22H18N4O/c1-14-12-15-6-2-3-9-19(15)26(14)22(27)25-18-13-16-7-4-10-23-20(16)17-8-5-11-24-21(17)18/h2-11,13-14H,12H2,1H3,(H,25,27)/t14-/m1/s1. The van der Waals surface area contributed by atoms with Gasteiger partial charge in [0.05, 0.1) is 16.7 Å². The summed E-state index contributed by atoms with van der Waals surface area (Å²) in [5, 5.41) is 4.99. The monoisotopic (exact) mass is 354 g/mol. The fourth-order valence-corrected chi connectivity index (χ4v) is 3.94. The number of anilines is 2. The maximum absolute atomic E-state index is 13.1. The van der Waals surface area contributed by atoms with Gasteiger partial charge in [-0.1, -0.05) is 24.3 Å². The average molecular weight is 354 g/mol. The molecule has 0 fully saturated rings. The molecule has 2 amide bonds. The van der Waals surface area contributed by atoms with Crippen molar-refractivity contribution in [1.82, 2.24) is 9.97 Å². The predicted molar refractivity (Wildman–Crippen MR) is 108 cm³/mol. The van der Waals surface area contributed by atoms with Crippen molar-refractivity contribution in [2.75, 3.05) is 10.2 Å². The summed E-state index contributed by atoms with van der Waals surface area (Å²) in [6.45, 7) is 2.07. The fourth-order valence-electron chi connectivity index (χ4n) is 3.94. The van der Waals surface area contributed by atoms with Crippen molar-refractivity contribution >= 4 is 39.2 Å². The van der Waals surface area contributed by atoms with E-state index in [-0.39, 0.29) is 12.1 Å². The third-order valence-corrected chi connectivity index (χ3v) is 5.12. The van der Waals surface area contributed by atoms with Gasteiger partial charge >= 0.3 is 6.03 Å². The summed E-state index contributed by atoms with van der Waals surface area (Å²) in [6.07, 6.45) is 4.38. The molecule has 0 radical (unpaired) electrons. The number of para-hydroxylation sites is 1. The second-order valence-electron chi connectivity index (χ2n) is 6.88. The Balaban J connectivity index is 1.59. The first-order valence-electron chi connectivity index (χ1n) is 9.03. The molecule has 1 aliphatic heterocycles. The lowest BCUT2D eigenvalue weighted by Crippen LogP contribution is -2.39. The van der Waals surface area contributed by atoms with Gasteiger partial charge in [-0.25, -0.2) is 4.79 Å². The van der Waals surface area contributed by atoms with Crippen molar-refractivity contribution < 1.29 is 4.79 Å². The molecule has 2 aromatic carbocycles. The molecule has 0 saturated carbocycles. The Kier molecular flexibility index (Phi) is 3.53. The van der Waals surface area contributed by atoms with E-state index >= 15 is 0 Å². The first-order chi connectivity index (χ1) is 13.2. The summed E-state index contributed by atoms with van der Waals surface area (Å²) in [4.78, 5) is 24.0. The van der Waals surface area contributed by atoms with Crippen molar-refractivity contribution in [3.05, 3.63) is 72.6 Å². The Labute approximate surface area is 156 Å². The number of carbonyl (C=O) groups is 1. The number of aromatic nitrogens is 2. The molecule has 0 saturated heterocycles. The highest BCUT2D eigenvalue weighted by molar-refractivity contribution is 6.14. The van der Waals surface area contributed by atoms with Gasteiger partial charge in [0, 0.05) is 34.9 Å². The Morgan fingerprint density at radius 1 is 1.04 bits per heavy atom. The second kappa shape index (κ2) is 6.06. The quantitative estimate of drug-likeness (QED) is 0.501. The molecule has 27 heavy (non-hydrogen) atoms. The highest BCUT2D eigenvalue weighted by Crippen LogP contribution is 2.34. The minimum absolute atomic E-state index is 0.115. The van der Waals surface area contributed by atoms with Crippen LogP contribution in [0.2, 0.25) is 0 Å². The number of nitrogens with zero attached hydrogens (tertiary/aromatic N) is 3. The lowest BCUT2D eigenvalue weighted by Gasteiger charge is -2.23. The number of nitrogens with one attached hydrogen (secondary N) is 1. The van der Waals surface area contributed by atoms with Crippen LogP contribution in [0.5, 0.6) is 0 Å². The van der Waals surface area contributed by atoms with Crippen molar-refractivity contribution in [3.63, 3.8) is 0 Å². The Hall–Kier alpha value is -3.47. The Morgan fingerprint density at radius 3 is 2.70 bits per heavy atom. The van der Waals surface area contributed by atoms with Crippen molar-refractivity contribution in [2.45, 2.75) is 19.4 Å². The molecule has 1 atom stereocenters. The molecule has 132 valence electrons. The van der Waals surface area contributed by atoms with Crippen molar-refractivity contribution in [3.8, 4) is 0 Å². The molecular formula is C22H18N4O. The summed E-state index contributed by atoms with van der Waals surface area (Å²) in [5.41, 5.74) is 4.51. The van der Waals surface area contributed by atoms with Gasteiger partial charge in [-0.15, -0.1) is 0 Å². The SMILES string of the molecule is C[C@@H]1Cc2ccccc2N1C(=O)Nc1cc2cccnc2c2cccnc12. The fraction of sp³-hybridized carbons (Fsp3) is 0.136. The van der Waals surface area contributed by atoms with E-state index in [2.05, 4.69) is 28.3 Å². The summed E-state index contributed by atoms with van der Waals surface area (Å²) < 4.78 is 0.